The van der Waals surface area contributed by atoms with E-state index >= 15 is 0 Å². The highest BCUT2D eigenvalue weighted by molar-refractivity contribution is 9.10. The Morgan fingerprint density at radius 1 is 1.10 bits per heavy atom. The number of phenolic OH excluding ortho intramolecular Hbond substituents is 1. The highest BCUT2D eigenvalue weighted by Crippen LogP contribution is 2.29. The lowest BCUT2D eigenvalue weighted by atomic mass is 10.0. The van der Waals surface area contributed by atoms with Crippen LogP contribution in [0, 0.1) is 0 Å². The molecule has 0 radical (unpaired) electrons. The summed E-state index contributed by atoms with van der Waals surface area (Å²) in [4.78, 5) is 0. The van der Waals surface area contributed by atoms with Crippen molar-refractivity contribution in [1.29, 1.82) is 0 Å². The first kappa shape index (κ1) is 16.0. The van der Waals surface area contributed by atoms with Crippen LogP contribution in [0.2, 0.25) is 0 Å². The topological polar surface area (TPSA) is 52.5 Å². The Morgan fingerprint density at radius 2 is 1.76 bits per heavy atom. The molecule has 0 aliphatic carbocycles. The van der Waals surface area contributed by atoms with Crippen molar-refractivity contribution in [1.82, 2.24) is 5.32 Å². The van der Waals surface area contributed by atoms with E-state index in [0.717, 1.165) is 34.1 Å². The molecular formula is C17H20BrNO2. The summed E-state index contributed by atoms with van der Waals surface area (Å²) in [7, 11) is 0. The van der Waals surface area contributed by atoms with Gasteiger partial charge in [-0.3, -0.25) is 0 Å². The molecule has 3 N–H and O–H groups in total. The van der Waals surface area contributed by atoms with Crippen LogP contribution in [0.15, 0.2) is 46.9 Å². The summed E-state index contributed by atoms with van der Waals surface area (Å²) in [6, 6.07) is 13.4. The lowest BCUT2D eigenvalue weighted by Crippen LogP contribution is -2.20. The van der Waals surface area contributed by atoms with Gasteiger partial charge in [-0.2, -0.15) is 0 Å². The number of hydrogen-bond acceptors (Lipinski definition) is 3. The molecule has 2 rings (SSSR count). The fourth-order valence-electron chi connectivity index (χ4n) is 2.28. The summed E-state index contributed by atoms with van der Waals surface area (Å²) in [6.45, 7) is 2.88. The SMILES string of the molecule is CCC(NCc1ccc(CO)cc1)c1cc(Br)ccc1O. The van der Waals surface area contributed by atoms with E-state index < -0.39 is 0 Å². The molecule has 0 saturated carbocycles. The smallest absolute Gasteiger partial charge is 0.120 e. The standard InChI is InChI=1S/C17H20BrNO2/c1-2-16(15-9-14(18)7-8-17(15)21)19-10-12-3-5-13(11-20)6-4-12/h3-9,16,19-21H,2,10-11H2,1H3. The third-order valence-corrected chi connectivity index (χ3v) is 4.02. The zero-order valence-electron chi connectivity index (χ0n) is 12.0. The Labute approximate surface area is 133 Å². The minimum Gasteiger partial charge on any atom is -0.508 e. The monoisotopic (exact) mass is 349 g/mol. The zero-order valence-corrected chi connectivity index (χ0v) is 13.6. The maximum atomic E-state index is 10.0. The van der Waals surface area contributed by atoms with Crippen LogP contribution < -0.4 is 5.32 Å². The average molecular weight is 350 g/mol. The van der Waals surface area contributed by atoms with Crippen molar-refractivity contribution in [2.45, 2.75) is 32.5 Å². The Kier molecular flexibility index (Phi) is 5.79. The second-order valence-electron chi connectivity index (χ2n) is 5.02. The number of benzene rings is 2. The van der Waals surface area contributed by atoms with Gasteiger partial charge in [0.1, 0.15) is 5.75 Å². The van der Waals surface area contributed by atoms with E-state index in [4.69, 9.17) is 5.11 Å². The van der Waals surface area contributed by atoms with Crippen molar-refractivity contribution in [3.05, 3.63) is 63.6 Å². The number of rotatable bonds is 6. The number of aliphatic hydroxyl groups excluding tert-OH is 1. The van der Waals surface area contributed by atoms with E-state index in [0.29, 0.717) is 5.75 Å². The Morgan fingerprint density at radius 3 is 2.38 bits per heavy atom. The second kappa shape index (κ2) is 7.59. The number of aromatic hydroxyl groups is 1. The van der Waals surface area contributed by atoms with E-state index in [9.17, 15) is 5.11 Å². The van der Waals surface area contributed by atoms with Gasteiger partial charge in [0.25, 0.3) is 0 Å². The van der Waals surface area contributed by atoms with Crippen molar-refractivity contribution in [2.75, 3.05) is 0 Å². The number of hydrogen-bond donors (Lipinski definition) is 3. The van der Waals surface area contributed by atoms with Crippen LogP contribution in [-0.4, -0.2) is 10.2 Å². The molecule has 3 nitrogen and oxygen atoms in total. The molecule has 0 heterocycles. The van der Waals surface area contributed by atoms with Crippen molar-refractivity contribution in [3.8, 4) is 5.75 Å². The third-order valence-electron chi connectivity index (χ3n) is 3.53. The lowest BCUT2D eigenvalue weighted by Gasteiger charge is -2.19. The third kappa shape index (κ3) is 4.30. The quantitative estimate of drug-likeness (QED) is 0.741. The molecule has 2 aromatic rings. The molecule has 1 atom stereocenters. The number of halogens is 1. The van der Waals surface area contributed by atoms with Gasteiger partial charge in [-0.1, -0.05) is 47.1 Å². The van der Waals surface area contributed by atoms with E-state index in [-0.39, 0.29) is 12.6 Å². The molecule has 0 bridgehead atoms. The van der Waals surface area contributed by atoms with Crippen LogP contribution in [0.3, 0.4) is 0 Å². The van der Waals surface area contributed by atoms with E-state index in [1.54, 1.807) is 6.07 Å². The average Bonchev–Trinajstić information content (AvgIpc) is 2.51. The van der Waals surface area contributed by atoms with Crippen molar-refractivity contribution in [2.24, 2.45) is 0 Å². The fraction of sp³-hybridized carbons (Fsp3) is 0.294. The zero-order chi connectivity index (χ0) is 15.2. The molecule has 0 aromatic heterocycles. The maximum Gasteiger partial charge on any atom is 0.120 e. The predicted molar refractivity (Wildman–Crippen MR) is 88.0 cm³/mol. The molecule has 0 aliphatic rings. The molecular weight excluding hydrogens is 330 g/mol. The van der Waals surface area contributed by atoms with Crippen LogP contribution in [0.25, 0.3) is 0 Å². The number of aliphatic hydroxyl groups is 1. The normalized spacial score (nSPS) is 12.3. The summed E-state index contributed by atoms with van der Waals surface area (Å²) in [5.74, 6) is 0.313. The van der Waals surface area contributed by atoms with Gasteiger partial charge >= 0.3 is 0 Å². The summed E-state index contributed by atoms with van der Waals surface area (Å²) in [5, 5.41) is 22.5. The molecule has 4 heteroatoms. The Balaban J connectivity index is 2.06. The Bertz CT molecular complexity index is 584. The van der Waals surface area contributed by atoms with Gasteiger partial charge in [0.2, 0.25) is 0 Å². The van der Waals surface area contributed by atoms with Crippen molar-refractivity contribution >= 4 is 15.9 Å². The van der Waals surface area contributed by atoms with Crippen molar-refractivity contribution in [3.63, 3.8) is 0 Å². The summed E-state index contributed by atoms with van der Waals surface area (Å²) in [5.41, 5.74) is 2.97. The summed E-state index contributed by atoms with van der Waals surface area (Å²) >= 11 is 3.44. The van der Waals surface area contributed by atoms with E-state index in [1.807, 2.05) is 36.4 Å². The van der Waals surface area contributed by atoms with Gasteiger partial charge in [-0.25, -0.2) is 0 Å². The van der Waals surface area contributed by atoms with Gasteiger partial charge in [0, 0.05) is 22.6 Å². The first-order valence-corrected chi connectivity index (χ1v) is 7.83. The maximum absolute atomic E-state index is 10.0. The molecule has 0 saturated heterocycles. The van der Waals surface area contributed by atoms with Gasteiger partial charge in [-0.05, 0) is 35.7 Å². The molecule has 0 fully saturated rings. The van der Waals surface area contributed by atoms with Crippen LogP contribution in [0.5, 0.6) is 5.75 Å². The lowest BCUT2D eigenvalue weighted by molar-refractivity contribution is 0.282. The highest BCUT2D eigenvalue weighted by atomic mass is 79.9. The molecule has 0 spiro atoms. The first-order valence-electron chi connectivity index (χ1n) is 7.04. The molecule has 21 heavy (non-hydrogen) atoms. The van der Waals surface area contributed by atoms with E-state index in [1.165, 1.54) is 0 Å². The highest BCUT2D eigenvalue weighted by Gasteiger charge is 2.13. The predicted octanol–water partition coefficient (Wildman–Crippen LogP) is 3.89. The van der Waals surface area contributed by atoms with Gasteiger partial charge in [-0.15, -0.1) is 0 Å². The largest absolute Gasteiger partial charge is 0.508 e. The van der Waals surface area contributed by atoms with Crippen LogP contribution in [0.4, 0.5) is 0 Å². The minimum atomic E-state index is 0.0667. The Hall–Kier alpha value is -1.36. The van der Waals surface area contributed by atoms with E-state index in [2.05, 4.69) is 28.2 Å². The minimum absolute atomic E-state index is 0.0667. The van der Waals surface area contributed by atoms with Crippen LogP contribution >= 0.6 is 15.9 Å². The van der Waals surface area contributed by atoms with Gasteiger partial charge in [0.15, 0.2) is 0 Å². The van der Waals surface area contributed by atoms with Gasteiger partial charge in [0.05, 0.1) is 6.61 Å². The van der Waals surface area contributed by atoms with Crippen LogP contribution in [-0.2, 0) is 13.2 Å². The van der Waals surface area contributed by atoms with Crippen molar-refractivity contribution < 1.29 is 10.2 Å². The molecule has 1 unspecified atom stereocenters. The number of phenols is 1. The fourth-order valence-corrected chi connectivity index (χ4v) is 2.66. The van der Waals surface area contributed by atoms with Gasteiger partial charge < -0.3 is 15.5 Å². The first-order chi connectivity index (χ1) is 10.1. The summed E-state index contributed by atoms with van der Waals surface area (Å²) < 4.78 is 0.961. The summed E-state index contributed by atoms with van der Waals surface area (Å²) in [6.07, 6.45) is 0.888. The number of nitrogens with one attached hydrogen (secondary N) is 1. The molecule has 0 amide bonds. The molecule has 112 valence electrons. The van der Waals surface area contributed by atoms with Crippen LogP contribution in [0.1, 0.15) is 36.1 Å². The molecule has 2 aromatic carbocycles. The second-order valence-corrected chi connectivity index (χ2v) is 5.94. The molecule has 0 aliphatic heterocycles.